The highest BCUT2D eigenvalue weighted by Crippen LogP contribution is 2.22. The van der Waals surface area contributed by atoms with Gasteiger partial charge in [0.2, 0.25) is 0 Å². The summed E-state index contributed by atoms with van der Waals surface area (Å²) in [4.78, 5) is 1.32. The Morgan fingerprint density at radius 2 is 2.35 bits per heavy atom. The zero-order valence-corrected chi connectivity index (χ0v) is 13.9. The fourth-order valence-electron chi connectivity index (χ4n) is 1.85. The van der Waals surface area contributed by atoms with Crippen molar-refractivity contribution in [1.82, 2.24) is 25.5 Å². The van der Waals surface area contributed by atoms with Gasteiger partial charge in [-0.1, -0.05) is 0 Å². The van der Waals surface area contributed by atoms with Gasteiger partial charge in [-0.15, -0.1) is 16.4 Å². The van der Waals surface area contributed by atoms with E-state index in [9.17, 15) is 0 Å². The molecule has 6 nitrogen and oxygen atoms in total. The van der Waals surface area contributed by atoms with Gasteiger partial charge in [0.1, 0.15) is 0 Å². The van der Waals surface area contributed by atoms with E-state index in [0.717, 1.165) is 29.1 Å². The van der Waals surface area contributed by atoms with Crippen LogP contribution in [0.3, 0.4) is 0 Å². The van der Waals surface area contributed by atoms with Crippen LogP contribution in [0, 0.1) is 0 Å². The molecule has 1 N–H and O–H groups in total. The van der Waals surface area contributed by atoms with Crippen LogP contribution in [0.15, 0.2) is 15.9 Å². The van der Waals surface area contributed by atoms with E-state index in [4.69, 9.17) is 4.74 Å². The van der Waals surface area contributed by atoms with Gasteiger partial charge < -0.3 is 10.1 Å². The third kappa shape index (κ3) is 4.34. The fraction of sp³-hybridized carbons (Fsp3) is 0.583. The molecular formula is C12H18BrN5OS. The van der Waals surface area contributed by atoms with Crippen LogP contribution in [0.5, 0.6) is 0 Å². The molecule has 0 aromatic carbocycles. The predicted octanol–water partition coefficient (Wildman–Crippen LogP) is 2.04. The molecule has 0 bridgehead atoms. The molecule has 8 heteroatoms. The van der Waals surface area contributed by atoms with Crippen LogP contribution in [0.2, 0.25) is 0 Å². The summed E-state index contributed by atoms with van der Waals surface area (Å²) in [6, 6.07) is 4.30. The van der Waals surface area contributed by atoms with Crippen molar-refractivity contribution in [2.45, 2.75) is 25.9 Å². The monoisotopic (exact) mass is 359 g/mol. The molecule has 0 spiro atoms. The summed E-state index contributed by atoms with van der Waals surface area (Å²) >= 11 is 5.22. The van der Waals surface area contributed by atoms with Crippen molar-refractivity contribution >= 4 is 27.3 Å². The molecule has 0 aliphatic rings. The topological polar surface area (TPSA) is 64.9 Å². The van der Waals surface area contributed by atoms with Gasteiger partial charge in [0, 0.05) is 31.5 Å². The summed E-state index contributed by atoms with van der Waals surface area (Å²) < 4.78 is 8.03. The van der Waals surface area contributed by atoms with Gasteiger partial charge in [-0.3, -0.25) is 0 Å². The van der Waals surface area contributed by atoms with Crippen LogP contribution < -0.4 is 5.32 Å². The Kier molecular flexibility index (Phi) is 6.08. The molecule has 0 amide bonds. The van der Waals surface area contributed by atoms with Crippen LogP contribution in [0.1, 0.15) is 23.7 Å². The lowest BCUT2D eigenvalue weighted by molar-refractivity contribution is 0.195. The summed E-state index contributed by atoms with van der Waals surface area (Å²) in [6.07, 6.45) is 0.930. The van der Waals surface area contributed by atoms with Crippen molar-refractivity contribution in [2.24, 2.45) is 0 Å². The van der Waals surface area contributed by atoms with Crippen LogP contribution in [0.25, 0.3) is 0 Å². The smallest absolute Gasteiger partial charge is 0.167 e. The van der Waals surface area contributed by atoms with Gasteiger partial charge in [-0.2, -0.15) is 0 Å². The molecule has 0 fully saturated rings. The zero-order valence-electron chi connectivity index (χ0n) is 11.5. The summed E-state index contributed by atoms with van der Waals surface area (Å²) in [6.45, 7) is 4.29. The lowest BCUT2D eigenvalue weighted by Crippen LogP contribution is -2.26. The maximum Gasteiger partial charge on any atom is 0.167 e. The van der Waals surface area contributed by atoms with E-state index in [0.29, 0.717) is 6.61 Å². The Morgan fingerprint density at radius 1 is 1.50 bits per heavy atom. The lowest BCUT2D eigenvalue weighted by atomic mass is 10.3. The van der Waals surface area contributed by atoms with E-state index < -0.39 is 0 Å². The summed E-state index contributed by atoms with van der Waals surface area (Å²) in [7, 11) is 1.69. The van der Waals surface area contributed by atoms with Crippen molar-refractivity contribution in [3.63, 3.8) is 0 Å². The van der Waals surface area contributed by atoms with Crippen molar-refractivity contribution in [1.29, 1.82) is 0 Å². The second-order valence-electron chi connectivity index (χ2n) is 4.38. The zero-order chi connectivity index (χ0) is 14.4. The van der Waals surface area contributed by atoms with Gasteiger partial charge in [-0.05, 0) is 45.4 Å². The van der Waals surface area contributed by atoms with Crippen molar-refractivity contribution in [2.75, 3.05) is 20.3 Å². The van der Waals surface area contributed by atoms with Crippen LogP contribution in [-0.4, -0.2) is 40.5 Å². The number of methoxy groups -OCH3 is 1. The van der Waals surface area contributed by atoms with Crippen molar-refractivity contribution in [3.05, 3.63) is 26.6 Å². The first-order valence-electron chi connectivity index (χ1n) is 6.43. The normalized spacial score (nSPS) is 12.8. The molecule has 110 valence electrons. The maximum atomic E-state index is 5.02. The van der Waals surface area contributed by atoms with Crippen LogP contribution >= 0.6 is 27.3 Å². The molecule has 1 atom stereocenters. The second-order valence-corrected chi connectivity index (χ2v) is 6.93. The molecule has 1 unspecified atom stereocenters. The van der Waals surface area contributed by atoms with Gasteiger partial charge in [-0.25, -0.2) is 4.68 Å². The molecule has 0 saturated carbocycles. The van der Waals surface area contributed by atoms with E-state index in [1.165, 1.54) is 4.88 Å². The first-order chi connectivity index (χ1) is 9.70. The summed E-state index contributed by atoms with van der Waals surface area (Å²) in [5.74, 6) is 0.858. The minimum absolute atomic E-state index is 0.107. The Bertz CT molecular complexity index is 529. The average Bonchev–Trinajstić information content (AvgIpc) is 3.05. The van der Waals surface area contributed by atoms with Gasteiger partial charge in [0.15, 0.2) is 5.82 Å². The average molecular weight is 360 g/mol. The number of rotatable bonds is 8. The highest BCUT2D eigenvalue weighted by atomic mass is 79.9. The molecule has 20 heavy (non-hydrogen) atoms. The fourth-order valence-corrected chi connectivity index (χ4v) is 3.32. The number of thiophene rings is 1. The Labute approximate surface area is 130 Å². The highest BCUT2D eigenvalue weighted by Gasteiger charge is 2.13. The number of aromatic nitrogens is 4. The van der Waals surface area contributed by atoms with Crippen LogP contribution in [0.4, 0.5) is 0 Å². The first kappa shape index (κ1) is 15.6. The molecule has 0 radical (unpaired) electrons. The van der Waals surface area contributed by atoms with E-state index in [2.05, 4.69) is 55.8 Å². The number of hydrogen-bond donors (Lipinski definition) is 1. The van der Waals surface area contributed by atoms with Crippen molar-refractivity contribution in [3.8, 4) is 0 Å². The number of nitrogens with one attached hydrogen (secondary N) is 1. The minimum Gasteiger partial charge on any atom is -0.383 e. The standard InChI is InChI=1S/C12H18BrN5OS/c1-9(14-6-8-19-2)12-15-16-17-18(12)7-5-10-3-4-11(13)20-10/h3-4,9,14H,5-8H2,1-2H3. The quantitative estimate of drug-likeness (QED) is 0.730. The second kappa shape index (κ2) is 7.82. The number of tetrazole rings is 1. The summed E-state index contributed by atoms with van der Waals surface area (Å²) in [5, 5.41) is 15.3. The molecule has 0 aliphatic heterocycles. The van der Waals surface area contributed by atoms with E-state index in [1.54, 1.807) is 18.4 Å². The van der Waals surface area contributed by atoms with Crippen molar-refractivity contribution < 1.29 is 4.74 Å². The molecule has 2 heterocycles. The highest BCUT2D eigenvalue weighted by molar-refractivity contribution is 9.11. The van der Waals surface area contributed by atoms with Crippen LogP contribution in [-0.2, 0) is 17.7 Å². The Hall–Kier alpha value is -0.830. The lowest BCUT2D eigenvalue weighted by Gasteiger charge is -2.12. The molecule has 2 aromatic heterocycles. The SMILES string of the molecule is COCCNC(C)c1nnnn1CCc1ccc(Br)s1. The number of hydrogen-bond acceptors (Lipinski definition) is 6. The number of nitrogens with zero attached hydrogens (tertiary/aromatic N) is 4. The Morgan fingerprint density at radius 3 is 3.05 bits per heavy atom. The largest absolute Gasteiger partial charge is 0.383 e. The van der Waals surface area contributed by atoms with E-state index in [1.807, 2.05) is 4.68 Å². The number of halogens is 1. The maximum absolute atomic E-state index is 5.02. The molecular weight excluding hydrogens is 342 g/mol. The number of ether oxygens (including phenoxy) is 1. The number of aryl methyl sites for hydroxylation is 2. The van der Waals surface area contributed by atoms with Gasteiger partial charge in [0.05, 0.1) is 16.4 Å². The molecule has 0 saturated heterocycles. The first-order valence-corrected chi connectivity index (χ1v) is 8.04. The minimum atomic E-state index is 0.107. The third-order valence-electron chi connectivity index (χ3n) is 2.90. The summed E-state index contributed by atoms with van der Waals surface area (Å²) in [5.41, 5.74) is 0. The van der Waals surface area contributed by atoms with Gasteiger partial charge in [0.25, 0.3) is 0 Å². The van der Waals surface area contributed by atoms with E-state index >= 15 is 0 Å². The van der Waals surface area contributed by atoms with E-state index in [-0.39, 0.29) is 6.04 Å². The Balaban J connectivity index is 1.90. The van der Waals surface area contributed by atoms with Gasteiger partial charge >= 0.3 is 0 Å². The molecule has 2 rings (SSSR count). The predicted molar refractivity (Wildman–Crippen MR) is 81.8 cm³/mol. The third-order valence-corrected chi connectivity index (χ3v) is 4.59. The molecule has 2 aromatic rings. The molecule has 0 aliphatic carbocycles.